The molecule has 0 bridgehead atoms. The molecule has 2 aliphatic rings. The molecule has 3 amide bonds. The minimum atomic E-state index is -0.528. The molecule has 0 spiro atoms. The van der Waals surface area contributed by atoms with Crippen molar-refractivity contribution in [1.29, 1.82) is 0 Å². The first-order valence-electron chi connectivity index (χ1n) is 9.59. The minimum absolute atomic E-state index is 0.0104. The standard InChI is InChI=1S/C20H25N5O3/c1-13(2)21-19(27)25-10-16-9-24(17(26)15-7-5-4-6-8-15)11-20(16,12-25)18-22-14(3)23-28-18/h4-8,13,16H,9-12H2,1-3H3,(H,21,27)/t16-,20-/m1/s1. The van der Waals surface area contributed by atoms with Crippen LogP contribution in [0.5, 0.6) is 0 Å². The van der Waals surface area contributed by atoms with Crippen LogP contribution in [-0.4, -0.2) is 64.1 Å². The zero-order valence-electron chi connectivity index (χ0n) is 16.4. The van der Waals surface area contributed by atoms with Crippen molar-refractivity contribution < 1.29 is 14.1 Å². The van der Waals surface area contributed by atoms with Crippen molar-refractivity contribution in [2.45, 2.75) is 32.2 Å². The lowest BCUT2D eigenvalue weighted by Gasteiger charge is -2.26. The fourth-order valence-electron chi connectivity index (χ4n) is 4.28. The van der Waals surface area contributed by atoms with Crippen LogP contribution in [0, 0.1) is 12.8 Å². The van der Waals surface area contributed by atoms with Crippen LogP contribution >= 0.6 is 0 Å². The number of rotatable bonds is 3. The summed E-state index contributed by atoms with van der Waals surface area (Å²) < 4.78 is 5.54. The molecule has 0 saturated carbocycles. The third kappa shape index (κ3) is 3.12. The topological polar surface area (TPSA) is 91.6 Å². The first kappa shape index (κ1) is 18.5. The Hall–Kier alpha value is -2.90. The maximum Gasteiger partial charge on any atom is 0.317 e. The van der Waals surface area contributed by atoms with Gasteiger partial charge in [-0.05, 0) is 32.9 Å². The van der Waals surface area contributed by atoms with Gasteiger partial charge in [0.25, 0.3) is 5.91 Å². The van der Waals surface area contributed by atoms with Gasteiger partial charge >= 0.3 is 6.03 Å². The highest BCUT2D eigenvalue weighted by Gasteiger charge is 2.58. The fraction of sp³-hybridized carbons (Fsp3) is 0.500. The van der Waals surface area contributed by atoms with Crippen molar-refractivity contribution >= 4 is 11.9 Å². The van der Waals surface area contributed by atoms with E-state index in [9.17, 15) is 9.59 Å². The van der Waals surface area contributed by atoms with Crippen LogP contribution in [0.15, 0.2) is 34.9 Å². The molecule has 8 heteroatoms. The van der Waals surface area contributed by atoms with E-state index in [2.05, 4.69) is 15.5 Å². The van der Waals surface area contributed by atoms with Gasteiger partial charge in [-0.25, -0.2) is 4.79 Å². The second kappa shape index (κ2) is 6.92. The summed E-state index contributed by atoms with van der Waals surface area (Å²) in [6.07, 6.45) is 0. The van der Waals surface area contributed by atoms with E-state index < -0.39 is 5.41 Å². The number of aromatic nitrogens is 2. The summed E-state index contributed by atoms with van der Waals surface area (Å²) in [5.41, 5.74) is 0.133. The van der Waals surface area contributed by atoms with Crippen molar-refractivity contribution in [2.75, 3.05) is 26.2 Å². The lowest BCUT2D eigenvalue weighted by Crippen LogP contribution is -2.45. The van der Waals surface area contributed by atoms with Gasteiger partial charge in [-0.3, -0.25) is 4.79 Å². The third-order valence-electron chi connectivity index (χ3n) is 5.57. The van der Waals surface area contributed by atoms with Gasteiger partial charge in [-0.2, -0.15) is 4.98 Å². The normalized spacial score (nSPS) is 23.9. The van der Waals surface area contributed by atoms with Crippen LogP contribution in [0.2, 0.25) is 0 Å². The number of likely N-dealkylation sites (tertiary alicyclic amines) is 2. The number of hydrogen-bond donors (Lipinski definition) is 1. The molecule has 2 saturated heterocycles. The predicted octanol–water partition coefficient (Wildman–Crippen LogP) is 1.82. The van der Waals surface area contributed by atoms with E-state index in [0.29, 0.717) is 43.5 Å². The highest BCUT2D eigenvalue weighted by Crippen LogP contribution is 2.44. The number of carbonyl (C=O) groups excluding carboxylic acids is 2. The number of amides is 3. The maximum atomic E-state index is 13.0. The van der Waals surface area contributed by atoms with Crippen LogP contribution < -0.4 is 5.32 Å². The first-order chi connectivity index (χ1) is 13.4. The molecular formula is C20H25N5O3. The Kier molecular flexibility index (Phi) is 4.56. The second-order valence-electron chi connectivity index (χ2n) is 8.04. The summed E-state index contributed by atoms with van der Waals surface area (Å²) in [5.74, 6) is 1.11. The Balaban J connectivity index is 1.61. The quantitative estimate of drug-likeness (QED) is 0.873. The summed E-state index contributed by atoms with van der Waals surface area (Å²) in [5, 5.41) is 6.90. The highest BCUT2D eigenvalue weighted by atomic mass is 16.5. The van der Waals surface area contributed by atoms with E-state index in [1.165, 1.54) is 0 Å². The minimum Gasteiger partial charge on any atom is -0.339 e. The van der Waals surface area contributed by atoms with E-state index in [1.807, 2.05) is 49.1 Å². The van der Waals surface area contributed by atoms with Crippen molar-refractivity contribution in [3.63, 3.8) is 0 Å². The number of nitrogens with one attached hydrogen (secondary N) is 1. The molecule has 2 atom stereocenters. The molecule has 1 aromatic carbocycles. The predicted molar refractivity (Wildman–Crippen MR) is 102 cm³/mol. The van der Waals surface area contributed by atoms with Crippen molar-refractivity contribution in [3.8, 4) is 0 Å². The smallest absolute Gasteiger partial charge is 0.317 e. The lowest BCUT2D eigenvalue weighted by molar-refractivity contribution is 0.0770. The molecule has 3 heterocycles. The van der Waals surface area contributed by atoms with E-state index in [1.54, 1.807) is 11.8 Å². The van der Waals surface area contributed by atoms with E-state index in [4.69, 9.17) is 4.52 Å². The van der Waals surface area contributed by atoms with Gasteiger partial charge < -0.3 is 19.6 Å². The highest BCUT2D eigenvalue weighted by molar-refractivity contribution is 5.94. The molecule has 0 aliphatic carbocycles. The monoisotopic (exact) mass is 383 g/mol. The molecule has 4 rings (SSSR count). The van der Waals surface area contributed by atoms with Crippen LogP contribution in [0.4, 0.5) is 4.79 Å². The molecule has 0 unspecified atom stereocenters. The second-order valence-corrected chi connectivity index (χ2v) is 8.04. The van der Waals surface area contributed by atoms with E-state index in [-0.39, 0.29) is 23.9 Å². The van der Waals surface area contributed by atoms with Gasteiger partial charge in [0.1, 0.15) is 0 Å². The molecule has 8 nitrogen and oxygen atoms in total. The Bertz CT molecular complexity index is 881. The lowest BCUT2D eigenvalue weighted by atomic mass is 9.81. The number of benzene rings is 1. The number of fused-ring (bicyclic) bond motifs is 1. The van der Waals surface area contributed by atoms with Gasteiger partial charge in [-0.1, -0.05) is 23.4 Å². The van der Waals surface area contributed by atoms with Gasteiger partial charge in [0.05, 0.1) is 5.41 Å². The van der Waals surface area contributed by atoms with Gasteiger partial charge in [0.2, 0.25) is 5.89 Å². The largest absolute Gasteiger partial charge is 0.339 e. The summed E-state index contributed by atoms with van der Waals surface area (Å²) >= 11 is 0. The number of hydrogen-bond acceptors (Lipinski definition) is 5. The SMILES string of the molecule is Cc1noc([C@]23CN(C(=O)NC(C)C)C[C@H]2CN(C(=O)c2ccccc2)C3)n1. The molecule has 1 aromatic heterocycles. The summed E-state index contributed by atoms with van der Waals surface area (Å²) in [6, 6.07) is 9.22. The summed E-state index contributed by atoms with van der Waals surface area (Å²) in [6.45, 7) is 7.67. The van der Waals surface area contributed by atoms with E-state index >= 15 is 0 Å². The van der Waals surface area contributed by atoms with Gasteiger partial charge in [-0.15, -0.1) is 0 Å². The molecule has 0 radical (unpaired) electrons. The summed E-state index contributed by atoms with van der Waals surface area (Å²) in [7, 11) is 0. The summed E-state index contributed by atoms with van der Waals surface area (Å²) in [4.78, 5) is 33.7. The van der Waals surface area contributed by atoms with Crippen LogP contribution in [0.3, 0.4) is 0 Å². The molecule has 1 N–H and O–H groups in total. The Morgan fingerprint density at radius 2 is 1.86 bits per heavy atom. The first-order valence-corrected chi connectivity index (χ1v) is 9.59. The average molecular weight is 383 g/mol. The van der Waals surface area contributed by atoms with Gasteiger partial charge in [0, 0.05) is 43.7 Å². The number of carbonyl (C=O) groups is 2. The van der Waals surface area contributed by atoms with Crippen LogP contribution in [0.25, 0.3) is 0 Å². The van der Waals surface area contributed by atoms with Gasteiger partial charge in [0.15, 0.2) is 5.82 Å². The zero-order valence-corrected chi connectivity index (χ0v) is 16.4. The molecule has 2 fully saturated rings. The molecule has 2 aliphatic heterocycles. The number of urea groups is 1. The fourth-order valence-corrected chi connectivity index (χ4v) is 4.28. The molecular weight excluding hydrogens is 358 g/mol. The Morgan fingerprint density at radius 1 is 1.18 bits per heavy atom. The Morgan fingerprint density at radius 3 is 2.50 bits per heavy atom. The molecule has 148 valence electrons. The van der Waals surface area contributed by atoms with Crippen molar-refractivity contribution in [1.82, 2.24) is 25.3 Å². The zero-order chi connectivity index (χ0) is 19.9. The number of aryl methyl sites for hydroxylation is 1. The number of nitrogens with zero attached hydrogens (tertiary/aromatic N) is 4. The van der Waals surface area contributed by atoms with E-state index in [0.717, 1.165) is 0 Å². The van der Waals surface area contributed by atoms with Crippen LogP contribution in [-0.2, 0) is 5.41 Å². The average Bonchev–Trinajstić information content (AvgIpc) is 3.33. The van der Waals surface area contributed by atoms with Crippen molar-refractivity contribution in [2.24, 2.45) is 5.92 Å². The Labute approximate surface area is 163 Å². The van der Waals surface area contributed by atoms with Crippen molar-refractivity contribution in [3.05, 3.63) is 47.6 Å². The molecule has 2 aromatic rings. The third-order valence-corrected chi connectivity index (χ3v) is 5.57. The molecule has 28 heavy (non-hydrogen) atoms. The van der Waals surface area contributed by atoms with Crippen LogP contribution in [0.1, 0.15) is 35.9 Å². The maximum absolute atomic E-state index is 13.0.